The van der Waals surface area contributed by atoms with E-state index in [1.54, 1.807) is 7.05 Å². The van der Waals surface area contributed by atoms with Crippen LogP contribution in [0.4, 0.5) is 4.79 Å². The molecule has 2 N–H and O–H groups in total. The van der Waals surface area contributed by atoms with E-state index in [2.05, 4.69) is 5.32 Å². The predicted octanol–water partition coefficient (Wildman–Crippen LogP) is 0.281. The fourth-order valence-electron chi connectivity index (χ4n) is 1.56. The number of hydrogen-bond donors (Lipinski definition) is 2. The second kappa shape index (κ2) is 5.16. The topological polar surface area (TPSA) is 78.9 Å². The number of rotatable bonds is 3. The summed E-state index contributed by atoms with van der Waals surface area (Å²) in [6, 6.07) is -0.355. The molecule has 1 aliphatic heterocycles. The summed E-state index contributed by atoms with van der Waals surface area (Å²) in [7, 11) is 1.63. The lowest BCUT2D eigenvalue weighted by Gasteiger charge is -2.35. The second-order valence-corrected chi connectivity index (χ2v) is 3.94. The van der Waals surface area contributed by atoms with Crippen molar-refractivity contribution in [3.8, 4) is 0 Å². The van der Waals surface area contributed by atoms with Gasteiger partial charge in [-0.15, -0.1) is 0 Å². The molecule has 92 valence electrons. The van der Waals surface area contributed by atoms with Gasteiger partial charge in [-0.3, -0.25) is 0 Å². The van der Waals surface area contributed by atoms with Crippen LogP contribution in [0.1, 0.15) is 19.8 Å². The number of urea groups is 1. The Bertz CT molecular complexity index is 274. The quantitative estimate of drug-likeness (QED) is 0.730. The Hall–Kier alpha value is -1.30. The Morgan fingerprint density at radius 1 is 1.44 bits per heavy atom. The minimum Gasteiger partial charge on any atom is -0.480 e. The van der Waals surface area contributed by atoms with Crippen LogP contribution in [0.15, 0.2) is 0 Å². The van der Waals surface area contributed by atoms with Gasteiger partial charge in [0.1, 0.15) is 5.54 Å². The van der Waals surface area contributed by atoms with E-state index in [1.165, 1.54) is 4.90 Å². The van der Waals surface area contributed by atoms with E-state index in [-0.39, 0.29) is 6.03 Å². The third-order valence-corrected chi connectivity index (χ3v) is 2.92. The van der Waals surface area contributed by atoms with Crippen LogP contribution in [0.5, 0.6) is 0 Å². The van der Waals surface area contributed by atoms with Crippen LogP contribution >= 0.6 is 0 Å². The van der Waals surface area contributed by atoms with Gasteiger partial charge in [-0.25, -0.2) is 9.59 Å². The standard InChI is InChI=1S/C10H18N2O4/c1-3-12(2)9(15)11-10(8(13)14)4-6-16-7-5-10/h3-7H2,1-2H3,(H,11,15)(H,13,14). The van der Waals surface area contributed by atoms with Gasteiger partial charge in [0.05, 0.1) is 0 Å². The van der Waals surface area contributed by atoms with Gasteiger partial charge in [-0.1, -0.05) is 0 Å². The van der Waals surface area contributed by atoms with Crippen molar-refractivity contribution in [2.24, 2.45) is 0 Å². The molecule has 6 nitrogen and oxygen atoms in total. The summed E-state index contributed by atoms with van der Waals surface area (Å²) in [5.41, 5.74) is -1.17. The molecule has 0 saturated carbocycles. The van der Waals surface area contributed by atoms with Gasteiger partial charge in [0, 0.05) is 39.6 Å². The Kier molecular flexibility index (Phi) is 4.12. The highest BCUT2D eigenvalue weighted by Gasteiger charge is 2.42. The van der Waals surface area contributed by atoms with E-state index in [0.717, 1.165) is 0 Å². The van der Waals surface area contributed by atoms with Crippen LogP contribution in [0.25, 0.3) is 0 Å². The van der Waals surface area contributed by atoms with Crippen molar-refractivity contribution in [3.05, 3.63) is 0 Å². The number of hydrogen-bond acceptors (Lipinski definition) is 3. The summed E-state index contributed by atoms with van der Waals surface area (Å²) >= 11 is 0. The third kappa shape index (κ3) is 2.63. The molecule has 0 spiro atoms. The molecule has 1 aliphatic rings. The van der Waals surface area contributed by atoms with Gasteiger partial charge in [-0.05, 0) is 6.92 Å². The molecule has 2 amide bonds. The first-order valence-electron chi connectivity index (χ1n) is 5.36. The van der Waals surface area contributed by atoms with Crippen molar-refractivity contribution < 1.29 is 19.4 Å². The van der Waals surface area contributed by atoms with Crippen LogP contribution in [-0.2, 0) is 9.53 Å². The average Bonchev–Trinajstić information content (AvgIpc) is 2.28. The predicted molar refractivity (Wildman–Crippen MR) is 57.3 cm³/mol. The van der Waals surface area contributed by atoms with E-state index in [0.29, 0.717) is 32.6 Å². The molecule has 0 aromatic heterocycles. The van der Waals surface area contributed by atoms with Crippen LogP contribution in [0.2, 0.25) is 0 Å². The molecule has 1 rings (SSSR count). The van der Waals surface area contributed by atoms with Crippen LogP contribution in [0, 0.1) is 0 Å². The zero-order valence-corrected chi connectivity index (χ0v) is 9.65. The van der Waals surface area contributed by atoms with Crippen LogP contribution in [0.3, 0.4) is 0 Å². The number of carbonyl (C=O) groups excluding carboxylic acids is 1. The minimum absolute atomic E-state index is 0.311. The number of amides is 2. The maximum absolute atomic E-state index is 11.7. The first-order valence-corrected chi connectivity index (χ1v) is 5.36. The molecule has 16 heavy (non-hydrogen) atoms. The van der Waals surface area contributed by atoms with Gasteiger partial charge in [-0.2, -0.15) is 0 Å². The summed E-state index contributed by atoms with van der Waals surface area (Å²) in [5.74, 6) is -0.992. The van der Waals surface area contributed by atoms with Crippen molar-refractivity contribution >= 4 is 12.0 Å². The van der Waals surface area contributed by atoms with E-state index in [9.17, 15) is 14.7 Å². The maximum Gasteiger partial charge on any atom is 0.329 e. The highest BCUT2D eigenvalue weighted by molar-refractivity contribution is 5.86. The van der Waals surface area contributed by atoms with Gasteiger partial charge in [0.2, 0.25) is 0 Å². The Morgan fingerprint density at radius 2 is 2.00 bits per heavy atom. The smallest absolute Gasteiger partial charge is 0.329 e. The largest absolute Gasteiger partial charge is 0.480 e. The molecular formula is C10H18N2O4. The Balaban J connectivity index is 2.71. The fourth-order valence-corrected chi connectivity index (χ4v) is 1.56. The summed E-state index contributed by atoms with van der Waals surface area (Å²) in [6.45, 7) is 3.10. The van der Waals surface area contributed by atoms with E-state index < -0.39 is 11.5 Å². The van der Waals surface area contributed by atoms with Crippen molar-refractivity contribution in [1.29, 1.82) is 0 Å². The molecule has 1 heterocycles. The van der Waals surface area contributed by atoms with Gasteiger partial charge < -0.3 is 20.1 Å². The average molecular weight is 230 g/mol. The summed E-state index contributed by atoms with van der Waals surface area (Å²) in [4.78, 5) is 24.3. The van der Waals surface area contributed by atoms with Crippen molar-refractivity contribution in [2.45, 2.75) is 25.3 Å². The molecule has 0 aromatic rings. The SMILES string of the molecule is CCN(C)C(=O)NC1(C(=O)O)CCOCC1. The monoisotopic (exact) mass is 230 g/mol. The number of nitrogens with one attached hydrogen (secondary N) is 1. The molecule has 0 aliphatic carbocycles. The summed E-state index contributed by atoms with van der Waals surface area (Å²) in [5, 5.41) is 11.8. The van der Waals surface area contributed by atoms with Crippen molar-refractivity contribution in [1.82, 2.24) is 10.2 Å². The van der Waals surface area contributed by atoms with Crippen LogP contribution in [-0.4, -0.2) is 54.4 Å². The van der Waals surface area contributed by atoms with E-state index >= 15 is 0 Å². The first-order chi connectivity index (χ1) is 7.52. The second-order valence-electron chi connectivity index (χ2n) is 3.94. The molecule has 0 atom stereocenters. The lowest BCUT2D eigenvalue weighted by atomic mass is 9.90. The highest BCUT2D eigenvalue weighted by atomic mass is 16.5. The number of carboxylic acids is 1. The van der Waals surface area contributed by atoms with Gasteiger partial charge in [0.25, 0.3) is 0 Å². The zero-order chi connectivity index (χ0) is 12.2. The number of nitrogens with zero attached hydrogens (tertiary/aromatic N) is 1. The highest BCUT2D eigenvalue weighted by Crippen LogP contribution is 2.21. The fraction of sp³-hybridized carbons (Fsp3) is 0.800. The lowest BCUT2D eigenvalue weighted by molar-refractivity contribution is -0.148. The summed E-state index contributed by atoms with van der Waals surface area (Å²) < 4.78 is 5.12. The minimum atomic E-state index is -1.17. The Morgan fingerprint density at radius 3 is 2.44 bits per heavy atom. The van der Waals surface area contributed by atoms with Crippen molar-refractivity contribution in [2.75, 3.05) is 26.8 Å². The summed E-state index contributed by atoms with van der Waals surface area (Å²) in [6.07, 6.45) is 0.622. The van der Waals surface area contributed by atoms with Gasteiger partial charge in [0.15, 0.2) is 0 Å². The molecular weight excluding hydrogens is 212 g/mol. The first kappa shape index (κ1) is 12.8. The number of carbonyl (C=O) groups is 2. The number of ether oxygens (including phenoxy) is 1. The molecule has 0 aromatic carbocycles. The number of carboxylic acid groups (broad SMARTS) is 1. The normalized spacial score (nSPS) is 18.9. The third-order valence-electron chi connectivity index (χ3n) is 2.92. The van der Waals surface area contributed by atoms with E-state index in [4.69, 9.17) is 4.74 Å². The molecule has 1 saturated heterocycles. The zero-order valence-electron chi connectivity index (χ0n) is 9.65. The molecule has 0 radical (unpaired) electrons. The maximum atomic E-state index is 11.7. The molecule has 1 fully saturated rings. The lowest BCUT2D eigenvalue weighted by Crippen LogP contribution is -2.59. The van der Waals surface area contributed by atoms with Gasteiger partial charge >= 0.3 is 12.0 Å². The van der Waals surface area contributed by atoms with Crippen molar-refractivity contribution in [3.63, 3.8) is 0 Å². The molecule has 0 bridgehead atoms. The molecule has 6 heteroatoms. The Labute approximate surface area is 94.6 Å². The number of aliphatic carboxylic acids is 1. The molecule has 0 unspecified atom stereocenters. The van der Waals surface area contributed by atoms with Crippen LogP contribution < -0.4 is 5.32 Å². The van der Waals surface area contributed by atoms with E-state index in [1.807, 2.05) is 6.92 Å².